The Kier molecular flexibility index (Phi) is 21.2. The van der Waals surface area contributed by atoms with Crippen LogP contribution in [0, 0.1) is 0 Å². The van der Waals surface area contributed by atoms with Gasteiger partial charge in [-0.3, -0.25) is 9.59 Å². The van der Waals surface area contributed by atoms with E-state index in [-0.39, 0.29) is 46.4 Å². The van der Waals surface area contributed by atoms with Gasteiger partial charge in [0.05, 0.1) is 0 Å². The van der Waals surface area contributed by atoms with Crippen molar-refractivity contribution in [2.45, 2.75) is 12.8 Å². The number of halogens is 1. The van der Waals surface area contributed by atoms with Crippen molar-refractivity contribution in [2.24, 2.45) is 5.73 Å². The van der Waals surface area contributed by atoms with Crippen LogP contribution in [0.1, 0.15) is 30.5 Å². The van der Waals surface area contributed by atoms with E-state index in [1.54, 1.807) is 35.6 Å². The molecule has 0 fully saturated rings. The average molecular weight is 709 g/mol. The van der Waals surface area contributed by atoms with E-state index in [0.29, 0.717) is 17.7 Å². The van der Waals surface area contributed by atoms with Gasteiger partial charge in [-0.25, -0.2) is 0 Å². The third-order valence-electron chi connectivity index (χ3n) is 6.52. The fourth-order valence-electron chi connectivity index (χ4n) is 4.24. The molecule has 1 amide bonds. The van der Waals surface area contributed by atoms with Gasteiger partial charge in [-0.15, -0.1) is 22.7 Å². The van der Waals surface area contributed by atoms with Gasteiger partial charge < -0.3 is 22.0 Å². The van der Waals surface area contributed by atoms with Crippen LogP contribution in [0.4, 0.5) is 0 Å². The molecule has 0 aliphatic heterocycles. The second-order valence-corrected chi connectivity index (χ2v) is 12.5. The Morgan fingerprint density at radius 1 is 0.583 bits per heavy atom. The Balaban J connectivity index is 0.000000383. The molecule has 6 N–H and O–H groups in total. The van der Waals surface area contributed by atoms with Crippen LogP contribution < -0.4 is 40.6 Å². The number of rotatable bonds is 9. The molecule has 0 saturated carbocycles. The Labute approximate surface area is 317 Å². The molecule has 0 spiro atoms. The summed E-state index contributed by atoms with van der Waals surface area (Å²) in [5, 5.41) is 2.56. The molecule has 10 heteroatoms. The Hall–Kier alpha value is -3.41. The van der Waals surface area contributed by atoms with Gasteiger partial charge in [-0.1, -0.05) is 109 Å². The van der Waals surface area contributed by atoms with Crippen LogP contribution in [0.5, 0.6) is 0 Å². The molecule has 6 aromatic rings. The van der Waals surface area contributed by atoms with E-state index in [1.807, 2.05) is 59.9 Å². The maximum Gasteiger partial charge on any atom is 1.00 e. The smallest absolute Gasteiger partial charge is 0.870 e. The number of amides is 1. The third-order valence-corrected chi connectivity index (χ3v) is 9.13. The van der Waals surface area contributed by atoms with E-state index < -0.39 is 5.24 Å². The van der Waals surface area contributed by atoms with Gasteiger partial charge in [-0.2, -0.15) is 0 Å². The predicted molar refractivity (Wildman–Crippen MR) is 197 cm³/mol. The standard InChI is InChI=1S/C19H17NOS.C12H13NS.C7H5ClO.Na.2H2O/c21-19(16-9-5-2-6-10-16)20-14-13-17-11-12-18(22-17)15-7-3-1-4-8-15;13-9-8-11-6-7-12(14-11)10-4-2-1-3-5-10;8-7(9)6-4-2-1-3-5-6;;;/h1-12H,13-14H2,(H,20,21);1-7H,8-9,13H2;1-5H;;2*1H2/q;;;+1;;/p-1. The van der Waals surface area contributed by atoms with Crippen molar-refractivity contribution in [1.29, 1.82) is 0 Å². The summed E-state index contributed by atoms with van der Waals surface area (Å²) >= 11 is 8.78. The first-order valence-corrected chi connectivity index (χ1v) is 16.6. The maximum atomic E-state index is 12.0. The van der Waals surface area contributed by atoms with Crippen molar-refractivity contribution in [3.8, 4) is 20.9 Å². The molecule has 244 valence electrons. The van der Waals surface area contributed by atoms with Gasteiger partial charge in [0.1, 0.15) is 0 Å². The summed E-state index contributed by atoms with van der Waals surface area (Å²) in [6.45, 7) is 1.39. The molecule has 48 heavy (non-hydrogen) atoms. The topological polar surface area (TPSA) is 134 Å². The SMILES string of the molecule is NCCc1ccc(-c2ccccc2)s1.O.O=C(Cl)c1ccccc1.O=C(NCCc1ccc(-c2ccccc2)s1)c1ccccc1.[Na+].[OH-]. The number of thiophene rings is 2. The van der Waals surface area contributed by atoms with Crippen molar-refractivity contribution in [3.63, 3.8) is 0 Å². The Bertz CT molecular complexity index is 1740. The minimum atomic E-state index is -0.407. The average Bonchev–Trinajstić information content (AvgIpc) is 3.78. The molecule has 4 aromatic carbocycles. The number of hydrogen-bond donors (Lipinski definition) is 2. The summed E-state index contributed by atoms with van der Waals surface area (Å²) in [5.41, 5.74) is 9.30. The fourth-order valence-corrected chi connectivity index (χ4v) is 6.41. The zero-order valence-electron chi connectivity index (χ0n) is 26.7. The first-order chi connectivity index (χ1) is 22.0. The van der Waals surface area contributed by atoms with E-state index in [9.17, 15) is 9.59 Å². The third kappa shape index (κ3) is 14.4. The molecule has 2 heterocycles. The minimum Gasteiger partial charge on any atom is -0.870 e. The summed E-state index contributed by atoms with van der Waals surface area (Å²) in [5.74, 6) is -0.0135. The summed E-state index contributed by atoms with van der Waals surface area (Å²) in [6.07, 6.45) is 1.84. The van der Waals surface area contributed by atoms with Crippen LogP contribution >= 0.6 is 34.3 Å². The van der Waals surface area contributed by atoms with Crippen LogP contribution in [0.25, 0.3) is 20.9 Å². The molecule has 0 saturated heterocycles. The van der Waals surface area contributed by atoms with Crippen molar-refractivity contribution in [3.05, 3.63) is 166 Å². The van der Waals surface area contributed by atoms with Crippen molar-refractivity contribution < 1.29 is 50.1 Å². The molecule has 2 aromatic heterocycles. The van der Waals surface area contributed by atoms with Gasteiger partial charge in [-0.05, 0) is 78.5 Å². The van der Waals surface area contributed by atoms with Crippen molar-refractivity contribution >= 4 is 45.4 Å². The van der Waals surface area contributed by atoms with E-state index in [1.165, 1.54) is 30.6 Å². The molecule has 6 nitrogen and oxygen atoms in total. The summed E-state index contributed by atoms with van der Waals surface area (Å²) in [7, 11) is 0. The molecule has 0 unspecified atom stereocenters. The molecule has 0 bridgehead atoms. The first-order valence-electron chi connectivity index (χ1n) is 14.6. The van der Waals surface area contributed by atoms with Crippen molar-refractivity contribution in [2.75, 3.05) is 13.1 Å². The van der Waals surface area contributed by atoms with Gasteiger partial charge in [0.15, 0.2) is 0 Å². The number of nitrogens with two attached hydrogens (primary N) is 1. The monoisotopic (exact) mass is 708 g/mol. The molecule has 0 aliphatic carbocycles. The van der Waals surface area contributed by atoms with E-state index in [0.717, 1.165) is 19.4 Å². The number of carbonyl (C=O) groups excluding carboxylic acids is 2. The normalized spacial score (nSPS) is 9.46. The zero-order valence-corrected chi connectivity index (χ0v) is 31.1. The Morgan fingerprint density at radius 3 is 1.38 bits per heavy atom. The van der Waals surface area contributed by atoms with Gasteiger partial charge in [0, 0.05) is 37.2 Å². The summed E-state index contributed by atoms with van der Waals surface area (Å²) < 4.78 is 0. The fraction of sp³-hybridized carbons (Fsp3) is 0.105. The van der Waals surface area contributed by atoms with Crippen LogP contribution in [-0.2, 0) is 12.8 Å². The first kappa shape index (κ1) is 42.6. The summed E-state index contributed by atoms with van der Waals surface area (Å²) in [6, 6.07) is 47.5. The molecule has 0 atom stereocenters. The second kappa shape index (κ2) is 23.8. The van der Waals surface area contributed by atoms with E-state index in [2.05, 4.69) is 78.1 Å². The molecular weight excluding hydrogens is 671 g/mol. The van der Waals surface area contributed by atoms with Crippen LogP contribution in [-0.4, -0.2) is 35.2 Å². The largest absolute Gasteiger partial charge is 1.00 e. The van der Waals surface area contributed by atoms with Crippen molar-refractivity contribution in [1.82, 2.24) is 5.32 Å². The number of benzene rings is 4. The maximum absolute atomic E-state index is 12.0. The zero-order chi connectivity index (χ0) is 31.7. The van der Waals surface area contributed by atoms with Gasteiger partial charge in [0.25, 0.3) is 11.1 Å². The quantitative estimate of drug-likeness (QED) is 0.154. The molecule has 0 aliphatic rings. The van der Waals surface area contributed by atoms with Crippen LogP contribution in [0.15, 0.2) is 146 Å². The number of nitrogens with one attached hydrogen (secondary N) is 1. The molecule has 6 rings (SSSR count). The van der Waals surface area contributed by atoms with Gasteiger partial charge in [0.2, 0.25) is 0 Å². The summed E-state index contributed by atoms with van der Waals surface area (Å²) in [4.78, 5) is 27.6. The Morgan fingerprint density at radius 2 is 0.979 bits per heavy atom. The molecule has 0 radical (unpaired) electrons. The van der Waals surface area contributed by atoms with E-state index in [4.69, 9.17) is 17.3 Å². The minimum absolute atomic E-state index is 0. The van der Waals surface area contributed by atoms with Gasteiger partial charge >= 0.3 is 29.6 Å². The molecular formula is C38H38ClN2NaO4S2. The van der Waals surface area contributed by atoms with Crippen LogP contribution in [0.3, 0.4) is 0 Å². The predicted octanol–water partition coefficient (Wildman–Crippen LogP) is 5.37. The van der Waals surface area contributed by atoms with E-state index >= 15 is 0 Å². The van der Waals surface area contributed by atoms with Crippen LogP contribution in [0.2, 0.25) is 0 Å². The number of hydrogen-bond acceptors (Lipinski definition) is 6. The number of carbonyl (C=O) groups is 2. The second-order valence-electron chi connectivity index (χ2n) is 9.81.